The maximum Gasteiger partial charge on any atom is 0.296 e. The smallest absolute Gasteiger partial charge is 0.296 e. The summed E-state index contributed by atoms with van der Waals surface area (Å²) < 4.78 is 35.5. The number of fused-ring (bicyclic) bond motifs is 2. The molecule has 0 heterocycles. The molecule has 0 spiro atoms. The molecular formula is C38H38N2O5S. The van der Waals surface area contributed by atoms with Gasteiger partial charge in [-0.05, 0) is 85.0 Å². The monoisotopic (exact) mass is 634 g/mol. The van der Waals surface area contributed by atoms with E-state index in [1.807, 2.05) is 18.2 Å². The summed E-state index contributed by atoms with van der Waals surface area (Å²) in [6.07, 6.45) is 11.5. The van der Waals surface area contributed by atoms with Gasteiger partial charge in [0.05, 0.1) is 28.2 Å². The van der Waals surface area contributed by atoms with E-state index in [-0.39, 0.29) is 44.9 Å². The van der Waals surface area contributed by atoms with Crippen molar-refractivity contribution in [3.05, 3.63) is 112 Å². The SMILES string of the molecule is O=C1c2ccccc2C(=O)c2c(Nc3ccc(C4CCCCC4)cc3S(=O)(=O)O)ccc(Nc3ccc(C4CCCCC4)cc3)c21. The highest BCUT2D eigenvalue weighted by Gasteiger charge is 2.34. The molecule has 3 aliphatic carbocycles. The van der Waals surface area contributed by atoms with Crippen molar-refractivity contribution in [1.82, 2.24) is 0 Å². The van der Waals surface area contributed by atoms with Gasteiger partial charge in [-0.1, -0.05) is 81.0 Å². The Balaban J connectivity index is 1.27. The quantitative estimate of drug-likeness (QED) is 0.153. The molecule has 4 aromatic carbocycles. The molecule has 236 valence electrons. The standard InChI is InChI=1S/C38H38N2O5S/c41-37-29-13-7-8-14-30(29)38(42)36-33(40-31-20-17-27(23-34(31)46(43,44)45)25-11-5-2-6-12-25)22-21-32(35(36)37)39-28-18-15-26(16-19-28)24-9-3-1-4-10-24/h7-8,13-25,39-40H,1-6,9-12H2,(H,43,44,45). The Hall–Kier alpha value is -4.27. The highest BCUT2D eigenvalue weighted by molar-refractivity contribution is 7.86. The van der Waals surface area contributed by atoms with Crippen LogP contribution in [0.2, 0.25) is 0 Å². The highest BCUT2D eigenvalue weighted by atomic mass is 32.2. The molecule has 0 unspecified atom stereocenters. The lowest BCUT2D eigenvalue weighted by molar-refractivity contribution is 0.0980. The Bertz CT molecular complexity index is 1920. The van der Waals surface area contributed by atoms with E-state index in [2.05, 4.69) is 22.8 Å². The number of carbonyl (C=O) groups is 2. The predicted molar refractivity (Wildman–Crippen MR) is 181 cm³/mol. The minimum Gasteiger partial charge on any atom is -0.355 e. The van der Waals surface area contributed by atoms with Crippen LogP contribution in [0.3, 0.4) is 0 Å². The van der Waals surface area contributed by atoms with Gasteiger partial charge < -0.3 is 10.6 Å². The van der Waals surface area contributed by atoms with Gasteiger partial charge in [-0.2, -0.15) is 8.42 Å². The van der Waals surface area contributed by atoms with Crippen molar-refractivity contribution in [2.45, 2.75) is 80.9 Å². The summed E-state index contributed by atoms with van der Waals surface area (Å²) in [5.74, 6) is 0.170. The minimum absolute atomic E-state index is 0.141. The van der Waals surface area contributed by atoms with Crippen LogP contribution in [0.4, 0.5) is 22.7 Å². The lowest BCUT2D eigenvalue weighted by Gasteiger charge is -2.25. The first kappa shape index (κ1) is 30.4. The summed E-state index contributed by atoms with van der Waals surface area (Å²) in [5.41, 5.74) is 4.89. The molecule has 2 saturated carbocycles. The van der Waals surface area contributed by atoms with Crippen LogP contribution in [0, 0.1) is 0 Å². The second-order valence-corrected chi connectivity index (χ2v) is 14.3. The van der Waals surface area contributed by atoms with Crippen molar-refractivity contribution in [3.63, 3.8) is 0 Å². The summed E-state index contributed by atoms with van der Waals surface area (Å²) >= 11 is 0. The van der Waals surface area contributed by atoms with Gasteiger partial charge in [0, 0.05) is 16.8 Å². The molecule has 3 aliphatic rings. The summed E-state index contributed by atoms with van der Waals surface area (Å²) in [6, 6.07) is 23.5. The fraction of sp³-hybridized carbons (Fsp3) is 0.316. The molecule has 0 bridgehead atoms. The Labute approximate surface area is 270 Å². The van der Waals surface area contributed by atoms with Crippen molar-refractivity contribution >= 4 is 44.4 Å². The van der Waals surface area contributed by atoms with E-state index in [1.54, 1.807) is 42.5 Å². The molecule has 0 aliphatic heterocycles. The van der Waals surface area contributed by atoms with Crippen molar-refractivity contribution in [1.29, 1.82) is 0 Å². The summed E-state index contributed by atoms with van der Waals surface area (Å²) in [4.78, 5) is 27.8. The first-order valence-corrected chi connectivity index (χ1v) is 17.8. The molecule has 7 nitrogen and oxygen atoms in total. The normalized spacial score (nSPS) is 17.3. The number of ketones is 2. The van der Waals surface area contributed by atoms with Gasteiger partial charge in [-0.25, -0.2) is 0 Å². The molecule has 0 atom stereocenters. The maximum atomic E-state index is 14.0. The first-order chi connectivity index (χ1) is 22.3. The third kappa shape index (κ3) is 5.87. The molecule has 4 aromatic rings. The fourth-order valence-electron chi connectivity index (χ4n) is 7.55. The number of anilines is 4. The van der Waals surface area contributed by atoms with Gasteiger partial charge in [-0.15, -0.1) is 0 Å². The molecular weight excluding hydrogens is 596 g/mol. The first-order valence-electron chi connectivity index (χ1n) is 16.4. The average Bonchev–Trinajstić information content (AvgIpc) is 3.08. The number of benzene rings is 4. The van der Waals surface area contributed by atoms with Crippen LogP contribution in [0.15, 0.2) is 83.8 Å². The van der Waals surface area contributed by atoms with Gasteiger partial charge in [0.2, 0.25) is 0 Å². The minimum atomic E-state index is -4.60. The van der Waals surface area contributed by atoms with Crippen molar-refractivity contribution < 1.29 is 22.6 Å². The lowest BCUT2D eigenvalue weighted by Crippen LogP contribution is -2.23. The summed E-state index contributed by atoms with van der Waals surface area (Å²) in [5, 5.41) is 6.49. The Morgan fingerprint density at radius 3 is 1.59 bits per heavy atom. The zero-order valence-electron chi connectivity index (χ0n) is 25.7. The van der Waals surface area contributed by atoms with Gasteiger partial charge >= 0.3 is 0 Å². The van der Waals surface area contributed by atoms with Crippen LogP contribution in [-0.2, 0) is 10.1 Å². The van der Waals surface area contributed by atoms with Crippen LogP contribution in [-0.4, -0.2) is 24.5 Å². The van der Waals surface area contributed by atoms with Gasteiger partial charge in [0.1, 0.15) is 4.90 Å². The van der Waals surface area contributed by atoms with Crippen LogP contribution in [0.1, 0.15) is 119 Å². The van der Waals surface area contributed by atoms with E-state index in [0.717, 1.165) is 36.9 Å². The predicted octanol–water partition coefficient (Wildman–Crippen LogP) is 9.29. The van der Waals surface area contributed by atoms with E-state index >= 15 is 0 Å². The van der Waals surface area contributed by atoms with Gasteiger partial charge in [0.25, 0.3) is 10.1 Å². The molecule has 3 N–H and O–H groups in total. The van der Waals surface area contributed by atoms with Crippen molar-refractivity contribution in [3.8, 4) is 0 Å². The highest BCUT2D eigenvalue weighted by Crippen LogP contribution is 2.41. The van der Waals surface area contributed by atoms with Crippen molar-refractivity contribution in [2.75, 3.05) is 10.6 Å². The molecule has 2 fully saturated rings. The number of carbonyl (C=O) groups excluding carboxylic acids is 2. The van der Waals surface area contributed by atoms with Gasteiger partial charge in [-0.3, -0.25) is 14.1 Å². The largest absolute Gasteiger partial charge is 0.355 e. The van der Waals surface area contributed by atoms with Crippen LogP contribution in [0.25, 0.3) is 0 Å². The van der Waals surface area contributed by atoms with E-state index in [1.165, 1.54) is 50.2 Å². The molecule has 0 amide bonds. The van der Waals surface area contributed by atoms with Crippen molar-refractivity contribution in [2.24, 2.45) is 0 Å². The maximum absolute atomic E-state index is 14.0. The molecule has 46 heavy (non-hydrogen) atoms. The zero-order chi connectivity index (χ0) is 31.8. The third-order valence-corrected chi connectivity index (χ3v) is 10.9. The second-order valence-electron chi connectivity index (χ2n) is 12.9. The van der Waals surface area contributed by atoms with Crippen LogP contribution >= 0.6 is 0 Å². The second kappa shape index (κ2) is 12.5. The zero-order valence-corrected chi connectivity index (χ0v) is 26.5. The summed E-state index contributed by atoms with van der Waals surface area (Å²) in [7, 11) is -4.60. The van der Waals surface area contributed by atoms with Gasteiger partial charge in [0.15, 0.2) is 11.6 Å². The van der Waals surface area contributed by atoms with E-state index in [9.17, 15) is 22.6 Å². The topological polar surface area (TPSA) is 113 Å². The molecule has 0 aromatic heterocycles. The molecule has 7 rings (SSSR count). The van der Waals surface area contributed by atoms with Crippen LogP contribution in [0.5, 0.6) is 0 Å². The Kier molecular flexibility index (Phi) is 8.25. The lowest BCUT2D eigenvalue weighted by atomic mass is 9.82. The molecule has 0 radical (unpaired) electrons. The van der Waals surface area contributed by atoms with Crippen LogP contribution < -0.4 is 10.6 Å². The van der Waals surface area contributed by atoms with E-state index in [0.29, 0.717) is 22.7 Å². The number of nitrogens with one attached hydrogen (secondary N) is 2. The number of hydrogen-bond acceptors (Lipinski definition) is 6. The fourth-order valence-corrected chi connectivity index (χ4v) is 8.23. The third-order valence-electron chi connectivity index (χ3n) is 9.97. The molecule has 8 heteroatoms. The number of hydrogen-bond donors (Lipinski definition) is 3. The summed E-state index contributed by atoms with van der Waals surface area (Å²) in [6.45, 7) is 0. The Morgan fingerprint density at radius 2 is 1.04 bits per heavy atom. The molecule has 0 saturated heterocycles. The van der Waals surface area contributed by atoms with E-state index in [4.69, 9.17) is 0 Å². The average molecular weight is 635 g/mol. The Morgan fingerprint density at radius 1 is 0.565 bits per heavy atom. The van der Waals surface area contributed by atoms with E-state index < -0.39 is 10.1 Å². The number of rotatable bonds is 7.